The molecule has 0 N–H and O–H groups in total. The van der Waals surface area contributed by atoms with Crippen LogP contribution in [0.1, 0.15) is 13.8 Å². The van der Waals surface area contributed by atoms with Crippen LogP contribution in [0.25, 0.3) is 0 Å². The molecule has 0 saturated carbocycles. The van der Waals surface area contributed by atoms with E-state index in [2.05, 4.69) is 33.3 Å². The monoisotopic (exact) mass is 268 g/mol. The number of carbonyl (C=O) groups excluding carboxylic acids is 2. The lowest BCUT2D eigenvalue weighted by Gasteiger charge is -2.01. The summed E-state index contributed by atoms with van der Waals surface area (Å²) in [6.45, 7) is 10.7. The predicted molar refractivity (Wildman–Crippen MR) is 72.3 cm³/mol. The number of hydrogen-bond donors (Lipinski definition) is 0. The van der Waals surface area contributed by atoms with Gasteiger partial charge in [0.25, 0.3) is 0 Å². The number of esters is 2. The predicted octanol–water partition coefficient (Wildman–Crippen LogP) is 1.49. The van der Waals surface area contributed by atoms with E-state index < -0.39 is 5.97 Å². The van der Waals surface area contributed by atoms with Crippen molar-refractivity contribution < 1.29 is 23.8 Å². The Morgan fingerprint density at radius 3 is 1.89 bits per heavy atom. The number of hydrogen-bond acceptors (Lipinski definition) is 5. The van der Waals surface area contributed by atoms with Gasteiger partial charge in [0, 0.05) is 18.3 Å². The summed E-state index contributed by atoms with van der Waals surface area (Å²) in [5, 5.41) is 0. The van der Waals surface area contributed by atoms with Gasteiger partial charge in [-0.1, -0.05) is 19.1 Å². The van der Waals surface area contributed by atoms with E-state index in [4.69, 9.17) is 6.42 Å². The summed E-state index contributed by atoms with van der Waals surface area (Å²) in [5.74, 6) is 1.37. The molecule has 0 bridgehead atoms. The molecule has 0 fully saturated rings. The highest BCUT2D eigenvalue weighted by Crippen LogP contribution is 1.91. The van der Waals surface area contributed by atoms with Gasteiger partial charge >= 0.3 is 11.9 Å². The highest BCUT2D eigenvalue weighted by Gasteiger charge is 2.00. The summed E-state index contributed by atoms with van der Waals surface area (Å²) in [5.41, 5.74) is 0.779. The molecule has 0 atom stereocenters. The van der Waals surface area contributed by atoms with E-state index in [-0.39, 0.29) is 12.6 Å². The molecule has 19 heavy (non-hydrogen) atoms. The SMILES string of the molecule is C#CCOC(=O)C(=C)C.C=C(C)C(=O)OCCOC. The molecule has 0 aromatic rings. The normalized spacial score (nSPS) is 8.32. The van der Waals surface area contributed by atoms with Crippen LogP contribution >= 0.6 is 0 Å². The molecule has 0 amide bonds. The quantitative estimate of drug-likeness (QED) is 0.316. The maximum atomic E-state index is 10.6. The molecule has 0 aliphatic rings. The van der Waals surface area contributed by atoms with Crippen LogP contribution in [0.3, 0.4) is 0 Å². The minimum Gasteiger partial charge on any atom is -0.460 e. The highest BCUT2D eigenvalue weighted by molar-refractivity contribution is 5.87. The van der Waals surface area contributed by atoms with Gasteiger partial charge < -0.3 is 14.2 Å². The average molecular weight is 268 g/mol. The van der Waals surface area contributed by atoms with E-state index in [0.29, 0.717) is 24.4 Å². The van der Waals surface area contributed by atoms with Crippen LogP contribution in [0.5, 0.6) is 0 Å². The van der Waals surface area contributed by atoms with Crippen molar-refractivity contribution in [2.45, 2.75) is 13.8 Å². The van der Waals surface area contributed by atoms with E-state index in [1.165, 1.54) is 0 Å². The molecular formula is C14H20O5. The molecule has 5 heteroatoms. The van der Waals surface area contributed by atoms with Gasteiger partial charge in [-0.25, -0.2) is 9.59 Å². The molecule has 0 unspecified atom stereocenters. The van der Waals surface area contributed by atoms with Crippen molar-refractivity contribution in [1.29, 1.82) is 0 Å². The lowest BCUT2D eigenvalue weighted by molar-refractivity contribution is -0.140. The number of carbonyl (C=O) groups is 2. The van der Waals surface area contributed by atoms with E-state index in [0.717, 1.165) is 0 Å². The fraction of sp³-hybridized carbons (Fsp3) is 0.429. The second-order valence-electron chi connectivity index (χ2n) is 3.47. The van der Waals surface area contributed by atoms with Crippen molar-refractivity contribution in [3.63, 3.8) is 0 Å². The van der Waals surface area contributed by atoms with Crippen molar-refractivity contribution in [1.82, 2.24) is 0 Å². The number of rotatable bonds is 6. The maximum absolute atomic E-state index is 10.6. The minimum absolute atomic E-state index is 0.0195. The van der Waals surface area contributed by atoms with Gasteiger partial charge in [-0.2, -0.15) is 0 Å². The van der Waals surface area contributed by atoms with Crippen LogP contribution in [0.2, 0.25) is 0 Å². The Bertz CT molecular complexity index is 363. The third-order valence-corrected chi connectivity index (χ3v) is 1.50. The van der Waals surface area contributed by atoms with Crippen LogP contribution in [0.15, 0.2) is 24.3 Å². The first-order chi connectivity index (χ1) is 8.86. The number of ether oxygens (including phenoxy) is 3. The zero-order valence-corrected chi connectivity index (χ0v) is 11.7. The Labute approximate surface area is 114 Å². The average Bonchev–Trinajstić information content (AvgIpc) is 2.36. The summed E-state index contributed by atoms with van der Waals surface area (Å²) in [6.07, 6.45) is 4.82. The zero-order valence-electron chi connectivity index (χ0n) is 11.7. The first kappa shape index (κ1) is 19.3. The summed E-state index contributed by atoms with van der Waals surface area (Å²) in [6, 6.07) is 0. The Hall–Kier alpha value is -2.06. The first-order valence-electron chi connectivity index (χ1n) is 5.44. The fourth-order valence-corrected chi connectivity index (χ4v) is 0.571. The topological polar surface area (TPSA) is 61.8 Å². The van der Waals surface area contributed by atoms with Gasteiger partial charge in [-0.3, -0.25) is 0 Å². The van der Waals surface area contributed by atoms with Crippen LogP contribution in [0, 0.1) is 12.3 Å². The molecule has 0 aliphatic carbocycles. The highest BCUT2D eigenvalue weighted by atomic mass is 16.6. The summed E-state index contributed by atoms with van der Waals surface area (Å²) in [4.78, 5) is 21.1. The second-order valence-corrected chi connectivity index (χ2v) is 3.47. The molecular weight excluding hydrogens is 248 g/mol. The summed E-state index contributed by atoms with van der Waals surface area (Å²) >= 11 is 0. The van der Waals surface area contributed by atoms with Crippen LogP contribution in [-0.4, -0.2) is 38.9 Å². The Kier molecular flexibility index (Phi) is 12.6. The molecule has 0 aromatic heterocycles. The Morgan fingerprint density at radius 1 is 1.05 bits per heavy atom. The first-order valence-corrected chi connectivity index (χ1v) is 5.44. The Balaban J connectivity index is 0. The molecule has 5 nitrogen and oxygen atoms in total. The lowest BCUT2D eigenvalue weighted by Crippen LogP contribution is -2.09. The lowest BCUT2D eigenvalue weighted by atomic mass is 10.4. The van der Waals surface area contributed by atoms with Gasteiger partial charge in [0.2, 0.25) is 0 Å². The van der Waals surface area contributed by atoms with Gasteiger partial charge in [0.1, 0.15) is 6.61 Å². The molecule has 0 radical (unpaired) electrons. The molecule has 0 aliphatic heterocycles. The maximum Gasteiger partial charge on any atom is 0.334 e. The van der Waals surface area contributed by atoms with Crippen molar-refractivity contribution in [3.05, 3.63) is 24.3 Å². The smallest absolute Gasteiger partial charge is 0.334 e. The van der Waals surface area contributed by atoms with Crippen molar-refractivity contribution in [3.8, 4) is 12.3 Å². The van der Waals surface area contributed by atoms with E-state index in [1.54, 1.807) is 21.0 Å². The van der Waals surface area contributed by atoms with Crippen molar-refractivity contribution in [2.24, 2.45) is 0 Å². The van der Waals surface area contributed by atoms with Crippen LogP contribution in [-0.2, 0) is 23.8 Å². The Morgan fingerprint density at radius 2 is 1.53 bits per heavy atom. The fourth-order valence-electron chi connectivity index (χ4n) is 0.571. The standard InChI is InChI=1S/C7H12O3.C7H8O2/c1-6(2)7(8)10-5-4-9-3;1-4-5-9-7(8)6(2)3/h1,4-5H2,2-3H3;1H,2,5H2,3H3. The van der Waals surface area contributed by atoms with E-state index in [1.807, 2.05) is 0 Å². The summed E-state index contributed by atoms with van der Waals surface area (Å²) in [7, 11) is 1.55. The van der Waals surface area contributed by atoms with Gasteiger partial charge in [0.15, 0.2) is 6.61 Å². The minimum atomic E-state index is -0.437. The second kappa shape index (κ2) is 12.4. The third kappa shape index (κ3) is 13.9. The molecule has 0 spiro atoms. The number of terminal acetylenes is 1. The molecule has 0 saturated heterocycles. The molecule has 0 aromatic carbocycles. The zero-order chi connectivity index (χ0) is 15.3. The van der Waals surface area contributed by atoms with Crippen molar-refractivity contribution >= 4 is 11.9 Å². The van der Waals surface area contributed by atoms with Gasteiger partial charge in [-0.15, -0.1) is 6.42 Å². The van der Waals surface area contributed by atoms with E-state index in [9.17, 15) is 9.59 Å². The molecule has 0 heterocycles. The van der Waals surface area contributed by atoms with Gasteiger partial charge in [-0.05, 0) is 13.8 Å². The largest absolute Gasteiger partial charge is 0.460 e. The molecule has 0 rings (SSSR count). The van der Waals surface area contributed by atoms with E-state index >= 15 is 0 Å². The third-order valence-electron chi connectivity index (χ3n) is 1.50. The number of methoxy groups -OCH3 is 1. The van der Waals surface area contributed by atoms with Crippen LogP contribution in [0.4, 0.5) is 0 Å². The van der Waals surface area contributed by atoms with Crippen molar-refractivity contribution in [2.75, 3.05) is 26.9 Å². The van der Waals surface area contributed by atoms with Crippen LogP contribution < -0.4 is 0 Å². The summed E-state index contributed by atoms with van der Waals surface area (Å²) < 4.78 is 13.8. The molecule has 106 valence electrons. The van der Waals surface area contributed by atoms with Gasteiger partial charge in [0.05, 0.1) is 6.61 Å².